The summed E-state index contributed by atoms with van der Waals surface area (Å²) in [6, 6.07) is 3.03. The molecule has 0 aliphatic carbocycles. The molecule has 4 rings (SSSR count). The number of aliphatic hydroxyl groups is 1. The van der Waals surface area contributed by atoms with Crippen LogP contribution in [0.1, 0.15) is 38.3 Å². The first-order valence-corrected chi connectivity index (χ1v) is 12.1. The van der Waals surface area contributed by atoms with E-state index in [-0.39, 0.29) is 23.2 Å². The maximum Gasteiger partial charge on any atom is 0.423 e. The van der Waals surface area contributed by atoms with E-state index < -0.39 is 58.7 Å². The van der Waals surface area contributed by atoms with Gasteiger partial charge < -0.3 is 15.0 Å². The second kappa shape index (κ2) is 10.8. The lowest BCUT2D eigenvalue weighted by Crippen LogP contribution is -2.30. The summed E-state index contributed by atoms with van der Waals surface area (Å²) >= 11 is 0. The Morgan fingerprint density at radius 1 is 1.12 bits per heavy atom. The molecule has 212 valence electrons. The number of fused-ring (bicyclic) bond motifs is 1. The fourth-order valence-corrected chi connectivity index (χ4v) is 4.19. The molecule has 40 heavy (non-hydrogen) atoms. The van der Waals surface area contributed by atoms with Gasteiger partial charge in [0.2, 0.25) is 0 Å². The Hall–Kier alpha value is -4.20. The molecule has 0 aliphatic heterocycles. The van der Waals surface area contributed by atoms with Gasteiger partial charge in [-0.1, -0.05) is 0 Å². The number of hydrogen-bond donors (Lipinski definition) is 3. The lowest BCUT2D eigenvalue weighted by Gasteiger charge is -2.20. The fourth-order valence-electron chi connectivity index (χ4n) is 4.19. The van der Waals surface area contributed by atoms with Crippen molar-refractivity contribution in [2.75, 3.05) is 5.32 Å². The van der Waals surface area contributed by atoms with Gasteiger partial charge in [-0.3, -0.25) is 9.59 Å². The van der Waals surface area contributed by atoms with Crippen LogP contribution < -0.4 is 16.4 Å². The molecule has 4 aromatic rings. The molecular formula is C26H25F5N6O3. The van der Waals surface area contributed by atoms with E-state index in [2.05, 4.69) is 20.4 Å². The van der Waals surface area contributed by atoms with Gasteiger partial charge in [0.05, 0.1) is 35.0 Å². The Bertz CT molecular complexity index is 1640. The van der Waals surface area contributed by atoms with Crippen molar-refractivity contribution in [2.24, 2.45) is 0 Å². The van der Waals surface area contributed by atoms with Crippen LogP contribution >= 0.6 is 0 Å². The highest BCUT2D eigenvalue weighted by atomic mass is 19.4. The molecule has 0 aliphatic rings. The minimum Gasteiger partial charge on any atom is -0.386 e. The molecule has 3 N–H and O–H groups in total. The van der Waals surface area contributed by atoms with Crippen molar-refractivity contribution in [3.8, 4) is 11.4 Å². The Balaban J connectivity index is 1.51. The summed E-state index contributed by atoms with van der Waals surface area (Å²) in [4.78, 5) is 32.8. The van der Waals surface area contributed by atoms with Crippen molar-refractivity contribution in [3.63, 3.8) is 0 Å². The molecule has 9 nitrogen and oxygen atoms in total. The number of nitrogens with zero attached hydrogens (tertiary/aromatic N) is 4. The Morgan fingerprint density at radius 2 is 1.80 bits per heavy atom. The molecular weight excluding hydrogens is 539 g/mol. The van der Waals surface area contributed by atoms with Gasteiger partial charge in [-0.05, 0) is 44.4 Å². The summed E-state index contributed by atoms with van der Waals surface area (Å²) in [7, 11) is 0. The Labute approximate surface area is 223 Å². The minimum absolute atomic E-state index is 0.0142. The number of aromatic amines is 1. The number of H-pyrrole nitrogens is 1. The third-order valence-electron chi connectivity index (χ3n) is 6.21. The summed E-state index contributed by atoms with van der Waals surface area (Å²) < 4.78 is 70.7. The number of benzene rings is 1. The zero-order chi connectivity index (χ0) is 29.4. The summed E-state index contributed by atoms with van der Waals surface area (Å²) in [6.07, 6.45) is -2.06. The van der Waals surface area contributed by atoms with Gasteiger partial charge in [0.25, 0.3) is 11.1 Å². The van der Waals surface area contributed by atoms with Gasteiger partial charge in [-0.25, -0.2) is 23.8 Å². The van der Waals surface area contributed by atoms with E-state index in [9.17, 15) is 36.6 Å². The van der Waals surface area contributed by atoms with E-state index in [1.807, 2.05) is 0 Å². The smallest absolute Gasteiger partial charge is 0.386 e. The SMILES string of the molecule is CC(CC(F)Cn1ccc2cc(-c3ncc(C(C)(C)O)cn3)c(F)cc2c1=O)Nc1cn[nH]c(=O)c1C(F)(F)F. The predicted molar refractivity (Wildman–Crippen MR) is 137 cm³/mol. The number of nitrogens with one attached hydrogen (secondary N) is 2. The molecule has 3 aromatic heterocycles. The minimum atomic E-state index is -4.95. The van der Waals surface area contributed by atoms with Crippen LogP contribution in [0, 0.1) is 5.82 Å². The zero-order valence-corrected chi connectivity index (χ0v) is 21.6. The van der Waals surface area contributed by atoms with Gasteiger partial charge in [-0.2, -0.15) is 18.3 Å². The van der Waals surface area contributed by atoms with Crippen LogP contribution in [0.15, 0.2) is 52.6 Å². The second-order valence-electron chi connectivity index (χ2n) is 9.91. The van der Waals surface area contributed by atoms with E-state index in [1.54, 1.807) is 18.9 Å². The quantitative estimate of drug-likeness (QED) is 0.275. The number of pyridine rings is 1. The molecule has 0 amide bonds. The fraction of sp³-hybridized carbons (Fsp3) is 0.346. The normalized spacial score (nSPS) is 13.8. The first-order chi connectivity index (χ1) is 18.6. The first-order valence-electron chi connectivity index (χ1n) is 12.1. The first kappa shape index (κ1) is 28.8. The van der Waals surface area contributed by atoms with Crippen LogP contribution in [0.4, 0.5) is 27.6 Å². The molecule has 3 heterocycles. The summed E-state index contributed by atoms with van der Waals surface area (Å²) in [5.41, 5.74) is -4.89. The monoisotopic (exact) mass is 564 g/mol. The van der Waals surface area contributed by atoms with Crippen LogP contribution in [0.2, 0.25) is 0 Å². The van der Waals surface area contributed by atoms with Gasteiger partial charge in [-0.15, -0.1) is 0 Å². The number of hydrogen-bond acceptors (Lipinski definition) is 7. The summed E-state index contributed by atoms with van der Waals surface area (Å²) in [5.74, 6) is -0.730. The van der Waals surface area contributed by atoms with Gasteiger partial charge in [0, 0.05) is 36.6 Å². The zero-order valence-electron chi connectivity index (χ0n) is 21.6. The molecule has 0 fully saturated rings. The highest BCUT2D eigenvalue weighted by molar-refractivity contribution is 5.86. The molecule has 0 saturated heterocycles. The van der Waals surface area contributed by atoms with Crippen LogP contribution in [0.25, 0.3) is 22.2 Å². The molecule has 0 bridgehead atoms. The Morgan fingerprint density at radius 3 is 2.42 bits per heavy atom. The number of aromatic nitrogens is 5. The van der Waals surface area contributed by atoms with Crippen LogP contribution in [0.5, 0.6) is 0 Å². The van der Waals surface area contributed by atoms with Gasteiger partial charge >= 0.3 is 6.18 Å². The molecule has 1 aromatic carbocycles. The van der Waals surface area contributed by atoms with Gasteiger partial charge in [0.1, 0.15) is 17.6 Å². The lowest BCUT2D eigenvalue weighted by atomic mass is 10.0. The number of alkyl halides is 4. The van der Waals surface area contributed by atoms with Crippen molar-refractivity contribution >= 4 is 16.5 Å². The van der Waals surface area contributed by atoms with Crippen molar-refractivity contribution in [1.82, 2.24) is 24.7 Å². The predicted octanol–water partition coefficient (Wildman–Crippen LogP) is 4.16. The maximum atomic E-state index is 15.0. The standard InChI is InChI=1S/C26H25F5N6O3/c1-13(35-20-11-34-36-23(38)21(20)26(29,30)31)6-16(27)12-37-5-4-14-7-18(19(28)8-17(14)24(37)39)22-32-9-15(10-33-22)25(2,3)40/h4-5,7-11,13,16,40H,6,12H2,1-3H3,(H2,35,36,38). The van der Waals surface area contributed by atoms with Gasteiger partial charge in [0.15, 0.2) is 5.82 Å². The molecule has 0 spiro atoms. The molecule has 0 radical (unpaired) electrons. The summed E-state index contributed by atoms with van der Waals surface area (Å²) in [5, 5.41) is 17.9. The van der Waals surface area contributed by atoms with E-state index in [4.69, 9.17) is 0 Å². The second-order valence-corrected chi connectivity index (χ2v) is 9.91. The molecule has 2 atom stereocenters. The largest absolute Gasteiger partial charge is 0.423 e. The van der Waals surface area contributed by atoms with Crippen molar-refractivity contribution in [1.29, 1.82) is 0 Å². The highest BCUT2D eigenvalue weighted by Crippen LogP contribution is 2.32. The van der Waals surface area contributed by atoms with Crippen LogP contribution in [0.3, 0.4) is 0 Å². The van der Waals surface area contributed by atoms with Crippen molar-refractivity contribution in [2.45, 2.75) is 57.7 Å². The lowest BCUT2D eigenvalue weighted by molar-refractivity contribution is -0.138. The maximum absolute atomic E-state index is 15.0. The van der Waals surface area contributed by atoms with Crippen LogP contribution in [-0.4, -0.2) is 42.1 Å². The third-order valence-corrected chi connectivity index (χ3v) is 6.21. The number of halogens is 5. The number of anilines is 1. The summed E-state index contributed by atoms with van der Waals surface area (Å²) in [6.45, 7) is 4.09. The van der Waals surface area contributed by atoms with E-state index in [1.165, 1.54) is 37.6 Å². The van der Waals surface area contributed by atoms with Crippen LogP contribution in [-0.2, 0) is 18.3 Å². The number of rotatable bonds is 8. The highest BCUT2D eigenvalue weighted by Gasteiger charge is 2.37. The molecule has 14 heteroatoms. The Kier molecular flexibility index (Phi) is 7.74. The van der Waals surface area contributed by atoms with E-state index in [0.29, 0.717) is 10.9 Å². The van der Waals surface area contributed by atoms with Crippen molar-refractivity contribution < 1.29 is 27.1 Å². The van der Waals surface area contributed by atoms with E-state index >= 15 is 0 Å². The van der Waals surface area contributed by atoms with E-state index in [0.717, 1.165) is 16.8 Å². The topological polar surface area (TPSA) is 126 Å². The average molecular weight is 565 g/mol. The molecule has 0 saturated carbocycles. The third kappa shape index (κ3) is 6.17. The van der Waals surface area contributed by atoms with Crippen molar-refractivity contribution in [3.05, 3.63) is 80.6 Å². The average Bonchev–Trinajstić information content (AvgIpc) is 2.84. The molecule has 2 unspecified atom stereocenters.